The van der Waals surface area contributed by atoms with E-state index in [9.17, 15) is 4.39 Å². The summed E-state index contributed by atoms with van der Waals surface area (Å²) in [6.45, 7) is 1.85. The van der Waals surface area contributed by atoms with E-state index in [0.29, 0.717) is 5.56 Å². The molecule has 3 nitrogen and oxygen atoms in total. The second-order valence-electron chi connectivity index (χ2n) is 4.02. The number of nitrogens with zero attached hydrogens (tertiary/aromatic N) is 1. The number of pyridine rings is 1. The monoisotopic (exact) mass is 246 g/mol. The highest BCUT2D eigenvalue weighted by Crippen LogP contribution is 2.28. The lowest BCUT2D eigenvalue weighted by atomic mass is 9.98. The minimum absolute atomic E-state index is 0.199. The zero-order valence-electron chi connectivity index (χ0n) is 10.4. The maximum absolute atomic E-state index is 14.1. The zero-order valence-corrected chi connectivity index (χ0v) is 10.4. The number of methoxy groups -OCH3 is 1. The Kier molecular flexibility index (Phi) is 3.58. The van der Waals surface area contributed by atoms with E-state index in [-0.39, 0.29) is 5.75 Å². The first kappa shape index (κ1) is 12.5. The molecular formula is C14H15FN2O. The summed E-state index contributed by atoms with van der Waals surface area (Å²) in [5.41, 5.74) is 8.12. The maximum Gasteiger partial charge on any atom is 0.170 e. The molecule has 1 heterocycles. The van der Waals surface area contributed by atoms with Crippen LogP contribution in [0, 0.1) is 12.7 Å². The molecule has 94 valence electrons. The van der Waals surface area contributed by atoms with Crippen molar-refractivity contribution in [3.63, 3.8) is 0 Å². The van der Waals surface area contributed by atoms with Gasteiger partial charge < -0.3 is 10.5 Å². The largest absolute Gasteiger partial charge is 0.494 e. The van der Waals surface area contributed by atoms with Crippen molar-refractivity contribution < 1.29 is 9.13 Å². The summed E-state index contributed by atoms with van der Waals surface area (Å²) in [6.07, 6.45) is 1.69. The SMILES string of the molecule is COc1cccc(C(N)c2cccnc2C)c1F. The zero-order chi connectivity index (χ0) is 13.1. The normalized spacial score (nSPS) is 12.2. The highest BCUT2D eigenvalue weighted by atomic mass is 19.1. The second-order valence-corrected chi connectivity index (χ2v) is 4.02. The molecule has 0 fully saturated rings. The highest BCUT2D eigenvalue weighted by molar-refractivity contribution is 5.39. The van der Waals surface area contributed by atoms with Crippen molar-refractivity contribution in [1.29, 1.82) is 0 Å². The van der Waals surface area contributed by atoms with Gasteiger partial charge in [-0.25, -0.2) is 4.39 Å². The number of halogens is 1. The average Bonchev–Trinajstić information content (AvgIpc) is 2.39. The maximum atomic E-state index is 14.1. The van der Waals surface area contributed by atoms with Crippen LogP contribution in [0.25, 0.3) is 0 Å². The topological polar surface area (TPSA) is 48.1 Å². The number of aromatic nitrogens is 1. The summed E-state index contributed by atoms with van der Waals surface area (Å²) in [5, 5.41) is 0. The molecule has 0 radical (unpaired) electrons. The van der Waals surface area contributed by atoms with E-state index >= 15 is 0 Å². The molecule has 1 unspecified atom stereocenters. The van der Waals surface area contributed by atoms with Crippen molar-refractivity contribution in [3.8, 4) is 5.75 Å². The number of aryl methyl sites for hydroxylation is 1. The summed E-state index contributed by atoms with van der Waals surface area (Å²) in [5.74, 6) is -0.222. The van der Waals surface area contributed by atoms with Gasteiger partial charge in [0.25, 0.3) is 0 Å². The summed E-state index contributed by atoms with van der Waals surface area (Å²) >= 11 is 0. The predicted octanol–water partition coefficient (Wildman–Crippen LogP) is 2.59. The van der Waals surface area contributed by atoms with Crippen LogP contribution >= 0.6 is 0 Å². The molecule has 0 amide bonds. The van der Waals surface area contributed by atoms with E-state index in [1.165, 1.54) is 7.11 Å². The van der Waals surface area contributed by atoms with Gasteiger partial charge in [0.05, 0.1) is 13.2 Å². The molecule has 0 saturated heterocycles. The number of hydrogen-bond donors (Lipinski definition) is 1. The summed E-state index contributed by atoms with van der Waals surface area (Å²) in [7, 11) is 1.43. The van der Waals surface area contributed by atoms with Crippen LogP contribution in [0.3, 0.4) is 0 Å². The Bertz CT molecular complexity index is 557. The van der Waals surface area contributed by atoms with E-state index < -0.39 is 11.9 Å². The molecule has 2 N–H and O–H groups in total. The molecule has 1 atom stereocenters. The fraction of sp³-hybridized carbons (Fsp3) is 0.214. The van der Waals surface area contributed by atoms with Crippen molar-refractivity contribution in [2.24, 2.45) is 5.73 Å². The lowest BCUT2D eigenvalue weighted by molar-refractivity contribution is 0.383. The Labute approximate surface area is 105 Å². The van der Waals surface area contributed by atoms with E-state index in [1.54, 1.807) is 30.5 Å². The average molecular weight is 246 g/mol. The van der Waals surface area contributed by atoms with Gasteiger partial charge in [-0.3, -0.25) is 4.98 Å². The van der Waals surface area contributed by atoms with Crippen molar-refractivity contribution in [1.82, 2.24) is 4.98 Å². The number of ether oxygens (including phenoxy) is 1. The van der Waals surface area contributed by atoms with Crippen molar-refractivity contribution in [2.75, 3.05) is 7.11 Å². The lowest BCUT2D eigenvalue weighted by Crippen LogP contribution is -2.15. The molecule has 0 spiro atoms. The third-order valence-electron chi connectivity index (χ3n) is 2.93. The van der Waals surface area contributed by atoms with Gasteiger partial charge in [-0.2, -0.15) is 0 Å². The Morgan fingerprint density at radius 3 is 2.61 bits per heavy atom. The molecule has 4 heteroatoms. The van der Waals surface area contributed by atoms with Crippen LogP contribution in [0.2, 0.25) is 0 Å². The first-order valence-corrected chi connectivity index (χ1v) is 5.64. The minimum Gasteiger partial charge on any atom is -0.494 e. The van der Waals surface area contributed by atoms with Crippen molar-refractivity contribution in [2.45, 2.75) is 13.0 Å². The highest BCUT2D eigenvalue weighted by Gasteiger charge is 2.18. The quantitative estimate of drug-likeness (QED) is 0.905. The minimum atomic E-state index is -0.547. The van der Waals surface area contributed by atoms with Crippen LogP contribution in [-0.2, 0) is 0 Å². The lowest BCUT2D eigenvalue weighted by Gasteiger charge is -2.16. The van der Waals surface area contributed by atoms with E-state index in [1.807, 2.05) is 13.0 Å². The van der Waals surface area contributed by atoms with E-state index in [4.69, 9.17) is 10.5 Å². The molecule has 2 aromatic rings. The van der Waals surface area contributed by atoms with Gasteiger partial charge in [0.1, 0.15) is 0 Å². The molecule has 18 heavy (non-hydrogen) atoms. The summed E-state index contributed by atoms with van der Waals surface area (Å²) < 4.78 is 19.1. The molecule has 1 aromatic heterocycles. The van der Waals surface area contributed by atoms with Gasteiger partial charge in [-0.15, -0.1) is 0 Å². The van der Waals surface area contributed by atoms with Gasteiger partial charge in [-0.1, -0.05) is 18.2 Å². The number of hydrogen-bond acceptors (Lipinski definition) is 3. The molecular weight excluding hydrogens is 231 g/mol. The summed E-state index contributed by atoms with van der Waals surface area (Å²) in [6, 6.07) is 8.06. The summed E-state index contributed by atoms with van der Waals surface area (Å²) in [4.78, 5) is 4.16. The van der Waals surface area contributed by atoms with Gasteiger partial charge in [0.2, 0.25) is 0 Å². The Morgan fingerprint density at radius 1 is 1.22 bits per heavy atom. The van der Waals surface area contributed by atoms with Crippen molar-refractivity contribution >= 4 is 0 Å². The van der Waals surface area contributed by atoms with Gasteiger partial charge in [0.15, 0.2) is 11.6 Å². The fourth-order valence-electron chi connectivity index (χ4n) is 1.92. The first-order valence-electron chi connectivity index (χ1n) is 5.64. The van der Waals surface area contributed by atoms with E-state index in [2.05, 4.69) is 4.98 Å². The smallest absolute Gasteiger partial charge is 0.170 e. The second kappa shape index (κ2) is 5.14. The van der Waals surface area contributed by atoms with E-state index in [0.717, 1.165) is 11.3 Å². The molecule has 0 aliphatic rings. The number of benzene rings is 1. The molecule has 2 rings (SSSR count). The van der Waals surface area contributed by atoms with Crippen molar-refractivity contribution in [3.05, 3.63) is 59.2 Å². The van der Waals surface area contributed by atoms with Crippen LogP contribution in [0.4, 0.5) is 4.39 Å². The Morgan fingerprint density at radius 2 is 1.94 bits per heavy atom. The van der Waals surface area contributed by atoms with Gasteiger partial charge in [0, 0.05) is 17.5 Å². The van der Waals surface area contributed by atoms with Gasteiger partial charge in [-0.05, 0) is 24.6 Å². The number of nitrogens with two attached hydrogens (primary N) is 1. The number of rotatable bonds is 3. The molecule has 0 aliphatic heterocycles. The molecule has 0 saturated carbocycles. The van der Waals surface area contributed by atoms with Gasteiger partial charge >= 0.3 is 0 Å². The Hall–Kier alpha value is -1.94. The fourth-order valence-corrected chi connectivity index (χ4v) is 1.92. The predicted molar refractivity (Wildman–Crippen MR) is 68.0 cm³/mol. The molecule has 0 aliphatic carbocycles. The van der Waals surface area contributed by atoms with Crippen LogP contribution in [0.5, 0.6) is 5.75 Å². The van der Waals surface area contributed by atoms with Crippen LogP contribution in [-0.4, -0.2) is 12.1 Å². The van der Waals surface area contributed by atoms with Crippen LogP contribution in [0.15, 0.2) is 36.5 Å². The third kappa shape index (κ3) is 2.19. The first-order chi connectivity index (χ1) is 8.65. The van der Waals surface area contributed by atoms with Crippen LogP contribution < -0.4 is 10.5 Å². The standard InChI is InChI=1S/C14H15FN2O/c1-9-10(6-4-8-17-9)14(16)11-5-3-7-12(18-2)13(11)15/h3-8,14H,16H2,1-2H3. The van der Waals surface area contributed by atoms with Crippen LogP contribution in [0.1, 0.15) is 22.9 Å². The third-order valence-corrected chi connectivity index (χ3v) is 2.93. The molecule has 0 bridgehead atoms. The Balaban J connectivity index is 2.47. The molecule has 1 aromatic carbocycles.